The van der Waals surface area contributed by atoms with E-state index < -0.39 is 16.1 Å². The van der Waals surface area contributed by atoms with Gasteiger partial charge in [-0.15, -0.1) is 0 Å². The van der Waals surface area contributed by atoms with E-state index in [0.717, 1.165) is 54.0 Å². The second-order valence-corrected chi connectivity index (χ2v) is 17.7. The van der Waals surface area contributed by atoms with Crippen molar-refractivity contribution in [3.63, 3.8) is 0 Å². The molecule has 1 aromatic heterocycles. The summed E-state index contributed by atoms with van der Waals surface area (Å²) in [4.78, 5) is 32.7. The van der Waals surface area contributed by atoms with Crippen LogP contribution in [0, 0.1) is 11.3 Å². The van der Waals surface area contributed by atoms with E-state index in [0.29, 0.717) is 35.9 Å². The highest BCUT2D eigenvalue weighted by Crippen LogP contribution is 2.49. The number of amides is 2. The minimum atomic E-state index is -3.95. The van der Waals surface area contributed by atoms with E-state index in [4.69, 9.17) is 0 Å². The third kappa shape index (κ3) is 6.01. The van der Waals surface area contributed by atoms with E-state index >= 15 is 0 Å². The van der Waals surface area contributed by atoms with Crippen molar-refractivity contribution in [3.05, 3.63) is 59.2 Å². The monoisotopic (exact) mass is 685 g/mol. The number of carbonyl (C=O) groups excluding carboxylic acids is 2. The van der Waals surface area contributed by atoms with Gasteiger partial charge in [0, 0.05) is 68.3 Å². The summed E-state index contributed by atoms with van der Waals surface area (Å²) in [5.41, 5.74) is 6.65. The minimum absolute atomic E-state index is 0.227. The summed E-state index contributed by atoms with van der Waals surface area (Å²) in [6.07, 6.45) is 14.2. The van der Waals surface area contributed by atoms with E-state index in [9.17, 15) is 18.0 Å². The fraction of sp³-hybridized carbons (Fsp3) is 0.590. The molecule has 1 N–H and O–H groups in total. The zero-order chi connectivity index (χ0) is 33.9. The standard InChI is InChI=1S/C39H51N5O4S/c1-41(2)49(47,48)40-37(45)29-13-14-33-34(24-29)44-25-30(23-28-11-6-7-12-32(28)36(44)35(33)27-9-4-3-5-10-27)38(46)42-20-15-31(16-21-42)43-22-19-39(26-43)17-8-18-39/h6-7,11-14,24,27,30-31H,3-5,8-10,15-23,25-26H2,1-2H3,(H,40,45)/t30-/m0/s1. The molecule has 49 heavy (non-hydrogen) atoms. The molecule has 262 valence electrons. The van der Waals surface area contributed by atoms with Gasteiger partial charge < -0.3 is 9.47 Å². The Hall–Kier alpha value is -3.21. The van der Waals surface area contributed by atoms with Crippen LogP contribution in [-0.4, -0.2) is 85.2 Å². The molecule has 4 heterocycles. The largest absolute Gasteiger partial charge is 0.342 e. The molecule has 10 heteroatoms. The number of nitrogens with one attached hydrogen (secondary N) is 1. The van der Waals surface area contributed by atoms with Crippen molar-refractivity contribution in [3.8, 4) is 11.3 Å². The van der Waals surface area contributed by atoms with E-state index in [1.165, 1.54) is 94.5 Å². The summed E-state index contributed by atoms with van der Waals surface area (Å²) in [7, 11) is -1.15. The molecule has 1 atom stereocenters. The van der Waals surface area contributed by atoms with Crippen LogP contribution in [0.1, 0.15) is 98.0 Å². The average molecular weight is 686 g/mol. The van der Waals surface area contributed by atoms with Gasteiger partial charge in [0.05, 0.1) is 11.6 Å². The van der Waals surface area contributed by atoms with Crippen molar-refractivity contribution in [2.45, 2.75) is 95.6 Å². The maximum atomic E-state index is 14.5. The van der Waals surface area contributed by atoms with Gasteiger partial charge in [0.2, 0.25) is 5.91 Å². The fourth-order valence-electron chi connectivity index (χ4n) is 9.79. The predicted octanol–water partition coefficient (Wildman–Crippen LogP) is 5.93. The number of rotatable bonds is 6. The number of nitrogens with zero attached hydrogens (tertiary/aromatic N) is 4. The first kappa shape index (κ1) is 33.0. The summed E-state index contributed by atoms with van der Waals surface area (Å²) < 4.78 is 30.6. The van der Waals surface area contributed by atoms with Crippen LogP contribution in [0.2, 0.25) is 0 Å². The van der Waals surface area contributed by atoms with Crippen LogP contribution < -0.4 is 4.72 Å². The Labute approximate surface area is 291 Å². The lowest BCUT2D eigenvalue weighted by molar-refractivity contribution is -0.137. The van der Waals surface area contributed by atoms with Crippen molar-refractivity contribution >= 4 is 32.9 Å². The van der Waals surface area contributed by atoms with Crippen LogP contribution >= 0.6 is 0 Å². The summed E-state index contributed by atoms with van der Waals surface area (Å²) in [5.74, 6) is -0.267. The van der Waals surface area contributed by atoms with Crippen LogP contribution in [0.3, 0.4) is 0 Å². The van der Waals surface area contributed by atoms with Crippen molar-refractivity contribution in [1.29, 1.82) is 0 Å². The molecule has 0 radical (unpaired) electrons. The highest BCUT2D eigenvalue weighted by molar-refractivity contribution is 7.87. The Kier molecular flexibility index (Phi) is 8.64. The molecule has 5 aliphatic rings. The molecule has 3 aromatic rings. The molecule has 0 bridgehead atoms. The molecule has 4 fully saturated rings. The van der Waals surface area contributed by atoms with Crippen molar-refractivity contribution in [1.82, 2.24) is 23.4 Å². The number of fused-ring (bicyclic) bond motifs is 5. The number of carbonyl (C=O) groups is 2. The highest BCUT2D eigenvalue weighted by atomic mass is 32.2. The quantitative estimate of drug-likeness (QED) is 0.347. The van der Waals surface area contributed by atoms with Gasteiger partial charge >= 0.3 is 10.2 Å². The van der Waals surface area contributed by atoms with E-state index in [2.05, 4.69) is 43.4 Å². The first-order valence-electron chi connectivity index (χ1n) is 18.6. The lowest BCUT2D eigenvalue weighted by Gasteiger charge is -2.41. The van der Waals surface area contributed by atoms with Gasteiger partial charge in [0.15, 0.2) is 0 Å². The zero-order valence-corrected chi connectivity index (χ0v) is 29.9. The molecule has 0 unspecified atom stereocenters. The van der Waals surface area contributed by atoms with Crippen molar-refractivity contribution in [2.24, 2.45) is 11.3 Å². The maximum absolute atomic E-state index is 14.5. The second kappa shape index (κ2) is 12.8. The number of piperidine rings is 1. The Balaban J connectivity index is 1.13. The van der Waals surface area contributed by atoms with E-state index in [1.54, 1.807) is 6.07 Å². The summed E-state index contributed by atoms with van der Waals surface area (Å²) in [6.45, 7) is 4.61. The van der Waals surface area contributed by atoms with E-state index in [-0.39, 0.29) is 11.8 Å². The van der Waals surface area contributed by atoms with Gasteiger partial charge in [-0.1, -0.05) is 56.0 Å². The first-order chi connectivity index (χ1) is 23.6. The number of hydrogen-bond acceptors (Lipinski definition) is 5. The Morgan fingerprint density at radius 1 is 0.898 bits per heavy atom. The molecular formula is C39H51N5O4S. The van der Waals surface area contributed by atoms with Crippen LogP contribution in [-0.2, 0) is 28.0 Å². The van der Waals surface area contributed by atoms with Crippen LogP contribution in [0.15, 0.2) is 42.5 Å². The molecule has 2 saturated carbocycles. The topological polar surface area (TPSA) is 95.0 Å². The fourth-order valence-corrected chi connectivity index (χ4v) is 10.3. The highest BCUT2D eigenvalue weighted by Gasteiger charge is 2.45. The van der Waals surface area contributed by atoms with Crippen LogP contribution in [0.25, 0.3) is 22.2 Å². The number of hydrogen-bond donors (Lipinski definition) is 1. The maximum Gasteiger partial charge on any atom is 0.303 e. The van der Waals surface area contributed by atoms with Crippen LogP contribution in [0.4, 0.5) is 0 Å². The van der Waals surface area contributed by atoms with Gasteiger partial charge in [-0.05, 0) is 92.5 Å². The van der Waals surface area contributed by atoms with Crippen molar-refractivity contribution in [2.75, 3.05) is 40.3 Å². The summed E-state index contributed by atoms with van der Waals surface area (Å²) >= 11 is 0. The third-order valence-corrected chi connectivity index (χ3v) is 14.2. The van der Waals surface area contributed by atoms with Crippen molar-refractivity contribution < 1.29 is 18.0 Å². The first-order valence-corrected chi connectivity index (χ1v) is 20.1. The van der Waals surface area contributed by atoms with Gasteiger partial charge in [-0.25, -0.2) is 4.72 Å². The number of benzene rings is 2. The third-order valence-electron chi connectivity index (χ3n) is 12.7. The number of aromatic nitrogens is 1. The molecule has 9 nitrogen and oxygen atoms in total. The molecule has 2 aliphatic carbocycles. The summed E-state index contributed by atoms with van der Waals surface area (Å²) in [6, 6.07) is 14.8. The predicted molar refractivity (Wildman–Crippen MR) is 193 cm³/mol. The molecular weight excluding hydrogens is 635 g/mol. The lowest BCUT2D eigenvalue weighted by atomic mass is 9.68. The molecule has 2 aromatic carbocycles. The lowest BCUT2D eigenvalue weighted by Crippen LogP contribution is -2.49. The molecule has 8 rings (SSSR count). The van der Waals surface area contributed by atoms with Crippen LogP contribution in [0.5, 0.6) is 0 Å². The van der Waals surface area contributed by atoms with Gasteiger partial charge in [-0.3, -0.25) is 14.5 Å². The average Bonchev–Trinajstić information content (AvgIpc) is 3.64. The van der Waals surface area contributed by atoms with Gasteiger partial charge in [0.25, 0.3) is 5.91 Å². The van der Waals surface area contributed by atoms with Gasteiger partial charge in [-0.2, -0.15) is 12.7 Å². The zero-order valence-electron chi connectivity index (χ0n) is 29.1. The summed E-state index contributed by atoms with van der Waals surface area (Å²) in [5, 5.41) is 1.10. The SMILES string of the molecule is CN(C)S(=O)(=O)NC(=O)c1ccc2c(C3CCCCC3)c3n(c2c1)C[C@@H](C(=O)N1CCC(N2CCC4(CCC4)C2)CC1)Cc1ccccc1-3. The minimum Gasteiger partial charge on any atom is -0.342 e. The number of likely N-dealkylation sites (tertiary alicyclic amines) is 2. The molecule has 2 amide bonds. The normalized spacial score (nSPS) is 23.3. The Bertz CT molecular complexity index is 1860. The Morgan fingerprint density at radius 2 is 1.65 bits per heavy atom. The molecule has 2 saturated heterocycles. The molecule has 1 spiro atoms. The second-order valence-electron chi connectivity index (χ2n) is 15.8. The van der Waals surface area contributed by atoms with E-state index in [1.807, 2.05) is 12.1 Å². The molecule has 3 aliphatic heterocycles. The van der Waals surface area contributed by atoms with Gasteiger partial charge in [0.1, 0.15) is 0 Å². The smallest absolute Gasteiger partial charge is 0.303 e. The Morgan fingerprint density at radius 3 is 2.35 bits per heavy atom.